The van der Waals surface area contributed by atoms with Crippen molar-refractivity contribution in [2.45, 2.75) is 20.1 Å². The second-order valence-electron chi connectivity index (χ2n) is 7.46. The Morgan fingerprint density at radius 3 is 2.88 bits per heavy atom. The van der Waals surface area contributed by atoms with E-state index in [-0.39, 0.29) is 6.61 Å². The van der Waals surface area contributed by atoms with Gasteiger partial charge in [-0.25, -0.2) is 9.67 Å². The first kappa shape index (κ1) is 21.2. The van der Waals surface area contributed by atoms with E-state index in [1.807, 2.05) is 38.2 Å². The first-order chi connectivity index (χ1) is 16.6. The van der Waals surface area contributed by atoms with Gasteiger partial charge in [0, 0.05) is 24.9 Å². The zero-order valence-corrected chi connectivity index (χ0v) is 18.8. The Balaban J connectivity index is 1.36. The van der Waals surface area contributed by atoms with Crippen LogP contribution in [0.5, 0.6) is 11.6 Å². The van der Waals surface area contributed by atoms with Crippen molar-refractivity contribution in [2.75, 3.05) is 7.11 Å². The van der Waals surface area contributed by atoms with Gasteiger partial charge in [-0.05, 0) is 35.0 Å². The van der Waals surface area contributed by atoms with E-state index < -0.39 is 0 Å². The highest BCUT2D eigenvalue weighted by Crippen LogP contribution is 2.27. The molecule has 0 bridgehead atoms. The molecule has 0 unspecified atom stereocenters. The number of aromatic nitrogens is 9. The summed E-state index contributed by atoms with van der Waals surface area (Å²) in [7, 11) is 3.39. The molecule has 0 aliphatic carbocycles. The molecule has 4 heterocycles. The quantitative estimate of drug-likeness (QED) is 0.341. The van der Waals surface area contributed by atoms with Crippen LogP contribution in [0.1, 0.15) is 17.1 Å². The van der Waals surface area contributed by atoms with Crippen LogP contribution in [0.4, 0.5) is 0 Å². The molecule has 0 aliphatic heterocycles. The monoisotopic (exact) mass is 459 g/mol. The first-order valence-electron chi connectivity index (χ1n) is 10.4. The largest absolute Gasteiger partial charge is 0.487 e. The summed E-state index contributed by atoms with van der Waals surface area (Å²) in [6, 6.07) is 11.3. The van der Waals surface area contributed by atoms with Crippen LogP contribution in [0.15, 0.2) is 53.3 Å². The van der Waals surface area contributed by atoms with Gasteiger partial charge in [-0.3, -0.25) is 4.68 Å². The van der Waals surface area contributed by atoms with Crippen LogP contribution in [-0.2, 0) is 20.2 Å². The van der Waals surface area contributed by atoms with Crippen molar-refractivity contribution in [3.8, 4) is 34.5 Å². The standard InChI is InChI=1S/C22H21N9O3/c1-14-26-28-29-31(14)12-15-5-4-6-16(9-15)21-25-22(34-27-21)18-11-24-30(2)19(18)13-33-17-7-8-23-20(10-17)32-3/h4-11H,12-13H2,1-3H3. The predicted octanol–water partition coefficient (Wildman–Crippen LogP) is 2.46. The van der Waals surface area contributed by atoms with E-state index >= 15 is 0 Å². The SMILES string of the molecule is COc1cc(OCc2c(-c3nc(-c4cccc(Cn5nnnc5C)c4)no3)cnn2C)ccn1. The lowest BCUT2D eigenvalue weighted by Crippen LogP contribution is -2.05. The predicted molar refractivity (Wildman–Crippen MR) is 119 cm³/mol. The number of pyridine rings is 1. The van der Waals surface area contributed by atoms with Crippen LogP contribution in [0.3, 0.4) is 0 Å². The maximum atomic E-state index is 5.91. The number of hydrogen-bond donors (Lipinski definition) is 0. The fraction of sp³-hybridized carbons (Fsp3) is 0.227. The van der Waals surface area contributed by atoms with Crippen LogP contribution in [0, 0.1) is 6.92 Å². The van der Waals surface area contributed by atoms with E-state index in [9.17, 15) is 0 Å². The van der Waals surface area contributed by atoms with E-state index in [2.05, 4.69) is 35.7 Å². The third kappa shape index (κ3) is 4.33. The van der Waals surface area contributed by atoms with Crippen LogP contribution >= 0.6 is 0 Å². The lowest BCUT2D eigenvalue weighted by atomic mass is 10.1. The third-order valence-electron chi connectivity index (χ3n) is 5.24. The minimum atomic E-state index is 0.248. The molecule has 0 atom stereocenters. The number of ether oxygens (including phenoxy) is 2. The molecular weight excluding hydrogens is 438 g/mol. The van der Waals surface area contributed by atoms with Gasteiger partial charge in [-0.2, -0.15) is 10.1 Å². The van der Waals surface area contributed by atoms with Crippen molar-refractivity contribution in [3.63, 3.8) is 0 Å². The van der Waals surface area contributed by atoms with E-state index in [4.69, 9.17) is 14.0 Å². The summed E-state index contributed by atoms with van der Waals surface area (Å²) < 4.78 is 20.1. The molecule has 12 heteroatoms. The molecule has 0 N–H and O–H groups in total. The molecule has 4 aromatic heterocycles. The van der Waals surface area contributed by atoms with Gasteiger partial charge in [0.2, 0.25) is 11.7 Å². The topological polar surface area (TPSA) is 132 Å². The van der Waals surface area contributed by atoms with Crippen molar-refractivity contribution >= 4 is 0 Å². The molecule has 0 aliphatic rings. The number of methoxy groups -OCH3 is 1. The number of benzene rings is 1. The number of nitrogens with zero attached hydrogens (tertiary/aromatic N) is 9. The summed E-state index contributed by atoms with van der Waals surface area (Å²) >= 11 is 0. The zero-order valence-electron chi connectivity index (χ0n) is 18.8. The average molecular weight is 459 g/mol. The molecule has 0 saturated heterocycles. The van der Waals surface area contributed by atoms with Crippen LogP contribution in [-0.4, -0.2) is 52.2 Å². The normalized spacial score (nSPS) is 11.0. The smallest absolute Gasteiger partial charge is 0.261 e. The first-order valence-corrected chi connectivity index (χ1v) is 10.4. The molecular formula is C22H21N9O3. The summed E-state index contributed by atoms with van der Waals surface area (Å²) in [4.78, 5) is 8.68. The molecule has 0 amide bonds. The number of hydrogen-bond acceptors (Lipinski definition) is 10. The van der Waals surface area contributed by atoms with Crippen LogP contribution in [0.25, 0.3) is 22.8 Å². The average Bonchev–Trinajstić information content (AvgIpc) is 3.59. The maximum Gasteiger partial charge on any atom is 0.261 e. The second-order valence-corrected chi connectivity index (χ2v) is 7.46. The highest BCUT2D eigenvalue weighted by molar-refractivity contribution is 5.61. The molecule has 5 rings (SSSR count). The van der Waals surface area contributed by atoms with Crippen molar-refractivity contribution in [2.24, 2.45) is 7.05 Å². The summed E-state index contributed by atoms with van der Waals surface area (Å²) in [5, 5.41) is 20.1. The molecule has 12 nitrogen and oxygen atoms in total. The Bertz CT molecular complexity index is 1420. The van der Waals surface area contributed by atoms with Crippen molar-refractivity contribution in [1.82, 2.24) is 45.1 Å². The van der Waals surface area contributed by atoms with Gasteiger partial charge in [0.05, 0.1) is 31.1 Å². The highest BCUT2D eigenvalue weighted by atomic mass is 16.5. The van der Waals surface area contributed by atoms with E-state index in [0.29, 0.717) is 35.5 Å². The van der Waals surface area contributed by atoms with Gasteiger partial charge in [-0.15, -0.1) is 5.10 Å². The zero-order chi connectivity index (χ0) is 23.5. The van der Waals surface area contributed by atoms with Crippen LogP contribution < -0.4 is 9.47 Å². The minimum Gasteiger partial charge on any atom is -0.487 e. The summed E-state index contributed by atoms with van der Waals surface area (Å²) in [5.74, 6) is 2.67. The lowest BCUT2D eigenvalue weighted by molar-refractivity contribution is 0.291. The number of aryl methyl sites for hydroxylation is 2. The Morgan fingerprint density at radius 2 is 2.06 bits per heavy atom. The molecule has 5 aromatic rings. The molecule has 0 radical (unpaired) electrons. The molecule has 1 aromatic carbocycles. The van der Waals surface area contributed by atoms with Crippen molar-refractivity contribution in [1.29, 1.82) is 0 Å². The summed E-state index contributed by atoms with van der Waals surface area (Å²) in [6.45, 7) is 2.65. The van der Waals surface area contributed by atoms with Gasteiger partial charge in [-0.1, -0.05) is 23.4 Å². The van der Waals surface area contributed by atoms with Crippen molar-refractivity contribution in [3.05, 3.63) is 65.9 Å². The van der Waals surface area contributed by atoms with E-state index in [0.717, 1.165) is 22.6 Å². The fourth-order valence-corrected chi connectivity index (χ4v) is 3.38. The van der Waals surface area contributed by atoms with Gasteiger partial charge in [0.15, 0.2) is 0 Å². The lowest BCUT2D eigenvalue weighted by Gasteiger charge is -2.08. The molecule has 172 valence electrons. The van der Waals surface area contributed by atoms with Gasteiger partial charge < -0.3 is 14.0 Å². The second kappa shape index (κ2) is 9.10. The fourth-order valence-electron chi connectivity index (χ4n) is 3.38. The van der Waals surface area contributed by atoms with Crippen molar-refractivity contribution < 1.29 is 14.0 Å². The van der Waals surface area contributed by atoms with Gasteiger partial charge >= 0.3 is 0 Å². The Hall–Kier alpha value is -4.61. The molecule has 0 saturated carbocycles. The summed E-state index contributed by atoms with van der Waals surface area (Å²) in [5.41, 5.74) is 3.32. The minimum absolute atomic E-state index is 0.248. The number of rotatable bonds is 8. The number of tetrazole rings is 1. The Kier molecular flexibility index (Phi) is 5.68. The molecule has 34 heavy (non-hydrogen) atoms. The molecule has 0 fully saturated rings. The van der Waals surface area contributed by atoms with E-state index in [1.165, 1.54) is 0 Å². The molecule has 0 spiro atoms. The Morgan fingerprint density at radius 1 is 1.15 bits per heavy atom. The summed E-state index contributed by atoms with van der Waals surface area (Å²) in [6.07, 6.45) is 3.30. The third-order valence-corrected chi connectivity index (χ3v) is 5.24. The van der Waals surface area contributed by atoms with E-state index in [1.54, 1.807) is 41.0 Å². The van der Waals surface area contributed by atoms with Gasteiger partial charge in [0.1, 0.15) is 18.2 Å². The maximum absolute atomic E-state index is 5.91. The van der Waals surface area contributed by atoms with Gasteiger partial charge in [0.25, 0.3) is 5.89 Å². The Labute approximate surface area is 194 Å². The highest BCUT2D eigenvalue weighted by Gasteiger charge is 2.19. The van der Waals surface area contributed by atoms with Crippen LogP contribution in [0.2, 0.25) is 0 Å².